The van der Waals surface area contributed by atoms with Gasteiger partial charge in [-0.25, -0.2) is 4.79 Å². The Morgan fingerprint density at radius 3 is 2.35 bits per heavy atom. The lowest BCUT2D eigenvalue weighted by molar-refractivity contribution is -0.384. The van der Waals surface area contributed by atoms with E-state index in [0.29, 0.717) is 18.5 Å². The molecule has 1 heterocycles. The van der Waals surface area contributed by atoms with Crippen LogP contribution >= 0.6 is 24.6 Å². The first-order chi connectivity index (χ1) is 14.4. The van der Waals surface area contributed by atoms with Gasteiger partial charge in [0.15, 0.2) is 5.05 Å². The van der Waals surface area contributed by atoms with Crippen LogP contribution in [-0.2, 0) is 17.8 Å². The SMILES string of the molecule is COc1ccc(C[C@H]2C[C@@H](C(O)=S)N(C(=O)OCc3ccc([N+](=O)[O-])cc3)C2)cc1.Cl. The Bertz CT molecular complexity index is 922. The van der Waals surface area contributed by atoms with E-state index < -0.39 is 17.1 Å². The second-order valence-electron chi connectivity index (χ2n) is 7.14. The topological polar surface area (TPSA) is 102 Å². The number of nitro benzene ring substituents is 1. The van der Waals surface area contributed by atoms with E-state index in [1.54, 1.807) is 7.11 Å². The van der Waals surface area contributed by atoms with E-state index in [1.165, 1.54) is 29.2 Å². The Balaban J connectivity index is 0.00000341. The number of ether oxygens (including phenoxy) is 2. The molecular weight excluding hydrogens is 444 g/mol. The van der Waals surface area contributed by atoms with E-state index in [1.807, 2.05) is 24.3 Å². The molecule has 8 nitrogen and oxygen atoms in total. The second kappa shape index (κ2) is 10.9. The summed E-state index contributed by atoms with van der Waals surface area (Å²) in [6.07, 6.45) is 0.704. The van der Waals surface area contributed by atoms with Crippen LogP contribution in [0.5, 0.6) is 5.75 Å². The number of aliphatic hydroxyl groups excluding tert-OH is 1. The molecule has 1 aliphatic rings. The van der Waals surface area contributed by atoms with E-state index in [2.05, 4.69) is 0 Å². The van der Waals surface area contributed by atoms with Crippen LogP contribution in [0.2, 0.25) is 0 Å². The summed E-state index contributed by atoms with van der Waals surface area (Å²) in [7, 11) is 1.61. The maximum Gasteiger partial charge on any atom is 0.410 e. The number of non-ortho nitro benzene ring substituents is 1. The summed E-state index contributed by atoms with van der Waals surface area (Å²) in [4.78, 5) is 24.3. The number of likely N-dealkylation sites (tertiary alicyclic amines) is 1. The van der Waals surface area contributed by atoms with Crippen molar-refractivity contribution in [2.45, 2.75) is 25.5 Å². The Morgan fingerprint density at radius 1 is 1.19 bits per heavy atom. The number of amides is 1. The van der Waals surface area contributed by atoms with Crippen LogP contribution in [-0.4, -0.2) is 45.8 Å². The maximum atomic E-state index is 12.6. The molecule has 3 rings (SSSR count). The number of nitrogens with zero attached hydrogens (tertiary/aromatic N) is 2. The average molecular weight is 467 g/mol. The molecule has 0 bridgehead atoms. The molecule has 31 heavy (non-hydrogen) atoms. The van der Waals surface area contributed by atoms with E-state index in [9.17, 15) is 20.0 Å². The van der Waals surface area contributed by atoms with Crippen molar-refractivity contribution in [2.24, 2.45) is 5.92 Å². The number of halogens is 1. The van der Waals surface area contributed by atoms with Gasteiger partial charge in [-0.3, -0.25) is 15.0 Å². The number of methoxy groups -OCH3 is 1. The fraction of sp³-hybridized carbons (Fsp3) is 0.333. The third kappa shape index (κ3) is 6.28. The number of carbonyl (C=O) groups excluding carboxylic acids is 1. The van der Waals surface area contributed by atoms with Gasteiger partial charge in [0.05, 0.1) is 12.0 Å². The zero-order valence-corrected chi connectivity index (χ0v) is 18.4. The Labute approximate surface area is 191 Å². The molecule has 0 aromatic heterocycles. The summed E-state index contributed by atoms with van der Waals surface area (Å²) in [5.74, 6) is 0.899. The van der Waals surface area contributed by atoms with Crippen molar-refractivity contribution in [3.05, 3.63) is 69.8 Å². The highest BCUT2D eigenvalue weighted by Crippen LogP contribution is 2.28. The largest absolute Gasteiger partial charge is 0.500 e. The summed E-state index contributed by atoms with van der Waals surface area (Å²) in [6, 6.07) is 12.9. The van der Waals surface area contributed by atoms with Crippen molar-refractivity contribution in [1.29, 1.82) is 0 Å². The van der Waals surface area contributed by atoms with Crippen LogP contribution in [0.1, 0.15) is 17.5 Å². The van der Waals surface area contributed by atoms with Gasteiger partial charge < -0.3 is 14.6 Å². The molecule has 0 radical (unpaired) electrons. The smallest absolute Gasteiger partial charge is 0.410 e. The molecule has 0 spiro atoms. The summed E-state index contributed by atoms with van der Waals surface area (Å²) < 4.78 is 10.5. The third-order valence-electron chi connectivity index (χ3n) is 5.10. The quantitative estimate of drug-likeness (QED) is 0.364. The number of aliphatic hydroxyl groups is 1. The molecular formula is C21H23ClN2O6S. The molecule has 1 saturated heterocycles. The van der Waals surface area contributed by atoms with Gasteiger partial charge in [-0.1, -0.05) is 12.1 Å². The van der Waals surface area contributed by atoms with Crippen LogP contribution in [0.4, 0.5) is 10.5 Å². The van der Waals surface area contributed by atoms with Crippen molar-refractivity contribution >= 4 is 41.5 Å². The van der Waals surface area contributed by atoms with Gasteiger partial charge in [0, 0.05) is 18.7 Å². The van der Waals surface area contributed by atoms with Crippen LogP contribution in [0.3, 0.4) is 0 Å². The molecule has 0 saturated carbocycles. The summed E-state index contributed by atoms with van der Waals surface area (Å²) in [6.45, 7) is 0.387. The van der Waals surface area contributed by atoms with Crippen molar-refractivity contribution in [3.63, 3.8) is 0 Å². The summed E-state index contributed by atoms with van der Waals surface area (Å²) in [5, 5.41) is 20.4. The first-order valence-corrected chi connectivity index (χ1v) is 9.80. The number of hydrogen-bond donors (Lipinski definition) is 1. The van der Waals surface area contributed by atoms with Crippen molar-refractivity contribution < 1.29 is 24.3 Å². The van der Waals surface area contributed by atoms with Gasteiger partial charge in [-0.15, -0.1) is 12.4 Å². The molecule has 10 heteroatoms. The van der Waals surface area contributed by atoms with Crippen LogP contribution in [0.25, 0.3) is 0 Å². The normalized spacial score (nSPS) is 17.5. The number of carbonyl (C=O) groups is 1. The third-order valence-corrected chi connectivity index (χ3v) is 5.37. The van der Waals surface area contributed by atoms with E-state index in [0.717, 1.165) is 17.7 Å². The number of hydrogen-bond acceptors (Lipinski definition) is 6. The molecule has 0 aliphatic carbocycles. The highest BCUT2D eigenvalue weighted by Gasteiger charge is 2.38. The average Bonchev–Trinajstić information content (AvgIpc) is 3.17. The lowest BCUT2D eigenvalue weighted by atomic mass is 9.97. The monoisotopic (exact) mass is 466 g/mol. The standard InChI is InChI=1S/C21H22N2O6S.ClH/c1-28-18-8-4-14(5-9-18)10-16-11-19(20(24)30)22(12-16)21(25)29-13-15-2-6-17(7-3-15)23(26)27;/h2-9,16,19H,10-13H2,1H3,(H,24,30);1H/t16-,19-;/m0./s1. The summed E-state index contributed by atoms with van der Waals surface area (Å²) in [5.41, 5.74) is 1.70. The van der Waals surface area contributed by atoms with Gasteiger partial charge >= 0.3 is 6.09 Å². The lowest BCUT2D eigenvalue weighted by Gasteiger charge is -2.22. The van der Waals surface area contributed by atoms with Gasteiger partial charge in [-0.2, -0.15) is 0 Å². The van der Waals surface area contributed by atoms with Gasteiger partial charge in [0.2, 0.25) is 0 Å². The molecule has 1 aliphatic heterocycles. The molecule has 1 fully saturated rings. The number of nitro groups is 1. The van der Waals surface area contributed by atoms with Crippen molar-refractivity contribution in [3.8, 4) is 5.75 Å². The highest BCUT2D eigenvalue weighted by molar-refractivity contribution is 7.80. The number of benzene rings is 2. The lowest BCUT2D eigenvalue weighted by Crippen LogP contribution is -2.40. The summed E-state index contributed by atoms with van der Waals surface area (Å²) >= 11 is 4.94. The molecule has 2 atom stereocenters. The fourth-order valence-electron chi connectivity index (χ4n) is 3.54. The Hall–Kier alpha value is -2.91. The zero-order valence-electron chi connectivity index (χ0n) is 16.8. The minimum Gasteiger partial charge on any atom is -0.500 e. The zero-order chi connectivity index (χ0) is 21.7. The van der Waals surface area contributed by atoms with E-state index >= 15 is 0 Å². The number of thiocarbonyl (C=S) groups is 1. The maximum absolute atomic E-state index is 12.6. The second-order valence-corrected chi connectivity index (χ2v) is 7.56. The minimum atomic E-state index is -0.577. The Morgan fingerprint density at radius 2 is 1.81 bits per heavy atom. The molecule has 2 aromatic rings. The molecule has 0 unspecified atom stereocenters. The van der Waals surface area contributed by atoms with Gasteiger partial charge in [-0.05, 0) is 66.4 Å². The van der Waals surface area contributed by atoms with Crippen molar-refractivity contribution in [1.82, 2.24) is 4.90 Å². The minimum absolute atomic E-state index is 0. The van der Waals surface area contributed by atoms with Crippen LogP contribution in [0.15, 0.2) is 48.5 Å². The van der Waals surface area contributed by atoms with Gasteiger partial charge in [0.25, 0.3) is 5.69 Å². The van der Waals surface area contributed by atoms with E-state index in [-0.39, 0.29) is 35.7 Å². The van der Waals surface area contributed by atoms with Crippen LogP contribution in [0, 0.1) is 16.0 Å². The predicted molar refractivity (Wildman–Crippen MR) is 121 cm³/mol. The highest BCUT2D eigenvalue weighted by atomic mass is 35.5. The molecule has 166 valence electrons. The number of rotatable bonds is 7. The van der Waals surface area contributed by atoms with Crippen molar-refractivity contribution in [2.75, 3.05) is 13.7 Å². The Kier molecular flexibility index (Phi) is 8.58. The van der Waals surface area contributed by atoms with Gasteiger partial charge in [0.1, 0.15) is 18.4 Å². The first-order valence-electron chi connectivity index (χ1n) is 9.40. The fourth-order valence-corrected chi connectivity index (χ4v) is 3.77. The molecule has 2 aromatic carbocycles. The van der Waals surface area contributed by atoms with Crippen LogP contribution < -0.4 is 4.74 Å². The predicted octanol–water partition coefficient (Wildman–Crippen LogP) is 4.48. The first kappa shape index (κ1) is 24.4. The molecule has 1 amide bonds. The molecule has 1 N–H and O–H groups in total. The van der Waals surface area contributed by atoms with E-state index in [4.69, 9.17) is 21.7 Å².